The largest absolute Gasteiger partial charge is 0.507 e. The maximum Gasteiger partial charge on any atom is 0.134 e. The third kappa shape index (κ3) is 2.29. The topological polar surface area (TPSA) is 57.5 Å². The Labute approximate surface area is 109 Å². The van der Waals surface area contributed by atoms with Gasteiger partial charge in [0, 0.05) is 17.5 Å². The fourth-order valence-electron chi connectivity index (χ4n) is 2.03. The Morgan fingerprint density at radius 3 is 2.42 bits per heavy atom. The van der Waals surface area contributed by atoms with E-state index in [0.29, 0.717) is 11.8 Å². The van der Waals surface area contributed by atoms with E-state index in [9.17, 15) is 19.4 Å². The highest BCUT2D eigenvalue weighted by atomic mass is 19.1. The second-order valence-corrected chi connectivity index (χ2v) is 4.31. The van der Waals surface area contributed by atoms with Crippen LogP contribution < -0.4 is 0 Å². The molecular weight excluding hydrogens is 247 g/mol. The molecule has 0 saturated heterocycles. The van der Waals surface area contributed by atoms with Crippen molar-refractivity contribution in [2.45, 2.75) is 12.8 Å². The Morgan fingerprint density at radius 1 is 1.21 bits per heavy atom. The summed E-state index contributed by atoms with van der Waals surface area (Å²) in [4.78, 5) is 10.8. The normalized spacial score (nSPS) is 12.1. The van der Waals surface area contributed by atoms with E-state index in [0.717, 1.165) is 6.07 Å². The van der Waals surface area contributed by atoms with Crippen molar-refractivity contribution in [3.05, 3.63) is 47.8 Å². The monoisotopic (exact) mass is 260 g/mol. The number of benzene rings is 2. The second-order valence-electron chi connectivity index (χ2n) is 4.31. The molecule has 2 N–H and O–H groups in total. The van der Waals surface area contributed by atoms with Gasteiger partial charge in [0.25, 0.3) is 0 Å². The number of phenols is 2. The SMILES string of the molecule is CC(C=O)c1c(F)cc(O)c(-c2ccccc2)c1O. The molecule has 0 aliphatic heterocycles. The first-order chi connectivity index (χ1) is 9.06. The molecular formula is C15H13FO3. The smallest absolute Gasteiger partial charge is 0.134 e. The molecule has 0 aliphatic rings. The fourth-order valence-corrected chi connectivity index (χ4v) is 2.03. The highest BCUT2D eigenvalue weighted by Gasteiger charge is 2.22. The summed E-state index contributed by atoms with van der Waals surface area (Å²) in [6, 6.07) is 9.54. The molecule has 0 saturated carbocycles. The molecule has 3 nitrogen and oxygen atoms in total. The van der Waals surface area contributed by atoms with Crippen LogP contribution in [0.3, 0.4) is 0 Å². The maximum absolute atomic E-state index is 13.8. The number of hydrogen-bond donors (Lipinski definition) is 2. The predicted octanol–water partition coefficient (Wildman–Crippen LogP) is 3.21. The van der Waals surface area contributed by atoms with Crippen LogP contribution in [0.4, 0.5) is 4.39 Å². The average Bonchev–Trinajstić information content (AvgIpc) is 2.39. The Balaban J connectivity index is 2.72. The van der Waals surface area contributed by atoms with E-state index in [-0.39, 0.29) is 16.9 Å². The Hall–Kier alpha value is -2.36. The summed E-state index contributed by atoms with van der Waals surface area (Å²) in [5, 5.41) is 20.0. The Bertz CT molecular complexity index is 609. The van der Waals surface area contributed by atoms with Crippen molar-refractivity contribution in [3.63, 3.8) is 0 Å². The number of rotatable bonds is 3. The van der Waals surface area contributed by atoms with Crippen LogP contribution in [-0.4, -0.2) is 16.5 Å². The van der Waals surface area contributed by atoms with Gasteiger partial charge in [-0.2, -0.15) is 0 Å². The van der Waals surface area contributed by atoms with Gasteiger partial charge in [0.15, 0.2) is 0 Å². The van der Waals surface area contributed by atoms with E-state index in [1.54, 1.807) is 30.3 Å². The van der Waals surface area contributed by atoms with E-state index in [1.165, 1.54) is 6.92 Å². The van der Waals surface area contributed by atoms with Crippen LogP contribution in [0.1, 0.15) is 18.4 Å². The molecule has 98 valence electrons. The summed E-state index contributed by atoms with van der Waals surface area (Å²) in [5.41, 5.74) is 0.578. The summed E-state index contributed by atoms with van der Waals surface area (Å²) in [6.07, 6.45) is 0.546. The lowest BCUT2D eigenvalue weighted by Crippen LogP contribution is -2.00. The molecule has 2 rings (SSSR count). The quantitative estimate of drug-likeness (QED) is 0.833. The molecule has 0 radical (unpaired) electrons. The Kier molecular flexibility index (Phi) is 3.51. The number of carbonyl (C=O) groups excluding carboxylic acids is 1. The van der Waals surface area contributed by atoms with E-state index in [4.69, 9.17) is 0 Å². The van der Waals surface area contributed by atoms with Gasteiger partial charge in [-0.05, 0) is 5.56 Å². The highest BCUT2D eigenvalue weighted by molar-refractivity contribution is 5.80. The first kappa shape index (κ1) is 13.1. The van der Waals surface area contributed by atoms with Crippen LogP contribution in [0.15, 0.2) is 36.4 Å². The minimum atomic E-state index is -0.797. The van der Waals surface area contributed by atoms with E-state index in [1.807, 2.05) is 0 Å². The highest BCUT2D eigenvalue weighted by Crippen LogP contribution is 2.43. The van der Waals surface area contributed by atoms with Crippen molar-refractivity contribution in [2.75, 3.05) is 0 Å². The van der Waals surface area contributed by atoms with Gasteiger partial charge in [-0.25, -0.2) is 4.39 Å². The molecule has 0 aromatic heterocycles. The summed E-state index contributed by atoms with van der Waals surface area (Å²) in [5.74, 6) is -2.34. The molecule has 4 heteroatoms. The second kappa shape index (κ2) is 5.10. The van der Waals surface area contributed by atoms with Crippen LogP contribution in [0.25, 0.3) is 11.1 Å². The lowest BCUT2D eigenvalue weighted by molar-refractivity contribution is -0.108. The molecule has 0 amide bonds. The number of carbonyl (C=O) groups is 1. The van der Waals surface area contributed by atoms with Crippen molar-refractivity contribution >= 4 is 6.29 Å². The molecule has 0 heterocycles. The lowest BCUT2D eigenvalue weighted by atomic mass is 9.94. The maximum atomic E-state index is 13.8. The third-order valence-electron chi connectivity index (χ3n) is 2.99. The van der Waals surface area contributed by atoms with Crippen molar-refractivity contribution in [1.82, 2.24) is 0 Å². The van der Waals surface area contributed by atoms with Crippen LogP contribution in [-0.2, 0) is 4.79 Å². The fraction of sp³-hybridized carbons (Fsp3) is 0.133. The molecule has 19 heavy (non-hydrogen) atoms. The van der Waals surface area contributed by atoms with Crippen LogP contribution in [0, 0.1) is 5.82 Å². The van der Waals surface area contributed by atoms with Crippen LogP contribution >= 0.6 is 0 Å². The van der Waals surface area contributed by atoms with Crippen molar-refractivity contribution in [2.24, 2.45) is 0 Å². The van der Waals surface area contributed by atoms with Gasteiger partial charge < -0.3 is 15.0 Å². The van der Waals surface area contributed by atoms with Gasteiger partial charge in [0.1, 0.15) is 23.6 Å². The first-order valence-electron chi connectivity index (χ1n) is 5.81. The molecule has 1 unspecified atom stereocenters. The van der Waals surface area contributed by atoms with Gasteiger partial charge in [0.05, 0.1) is 5.56 Å². The molecule has 2 aromatic rings. The Morgan fingerprint density at radius 2 is 1.84 bits per heavy atom. The molecule has 2 aromatic carbocycles. The van der Waals surface area contributed by atoms with Crippen molar-refractivity contribution in [1.29, 1.82) is 0 Å². The van der Waals surface area contributed by atoms with Crippen LogP contribution in [0.2, 0.25) is 0 Å². The lowest BCUT2D eigenvalue weighted by Gasteiger charge is -2.14. The molecule has 1 atom stereocenters. The standard InChI is InChI=1S/C15H13FO3/c1-9(8-17)13-11(16)7-12(18)14(15(13)19)10-5-3-2-4-6-10/h2-9,18-19H,1H3. The van der Waals surface area contributed by atoms with Gasteiger partial charge in [-0.3, -0.25) is 0 Å². The zero-order valence-corrected chi connectivity index (χ0v) is 10.3. The van der Waals surface area contributed by atoms with Gasteiger partial charge in [-0.1, -0.05) is 37.3 Å². The van der Waals surface area contributed by atoms with E-state index >= 15 is 0 Å². The van der Waals surface area contributed by atoms with E-state index < -0.39 is 17.5 Å². The predicted molar refractivity (Wildman–Crippen MR) is 69.6 cm³/mol. The number of halogens is 1. The minimum absolute atomic E-state index is 0.105. The van der Waals surface area contributed by atoms with Gasteiger partial charge >= 0.3 is 0 Å². The molecule has 0 aliphatic carbocycles. The molecule has 0 fully saturated rings. The summed E-state index contributed by atoms with van der Waals surface area (Å²) in [6.45, 7) is 1.48. The molecule has 0 bridgehead atoms. The number of phenolic OH excluding ortho intramolecular Hbond substituents is 2. The minimum Gasteiger partial charge on any atom is -0.507 e. The van der Waals surface area contributed by atoms with E-state index in [2.05, 4.69) is 0 Å². The average molecular weight is 260 g/mol. The van der Waals surface area contributed by atoms with Crippen LogP contribution in [0.5, 0.6) is 11.5 Å². The zero-order chi connectivity index (χ0) is 14.0. The summed E-state index contributed by atoms with van der Waals surface area (Å²) < 4.78 is 13.8. The van der Waals surface area contributed by atoms with Crippen molar-refractivity contribution < 1.29 is 19.4 Å². The number of aldehydes is 1. The first-order valence-corrected chi connectivity index (χ1v) is 5.81. The number of aromatic hydroxyl groups is 2. The number of hydrogen-bond acceptors (Lipinski definition) is 3. The summed E-state index contributed by atoms with van der Waals surface area (Å²) >= 11 is 0. The summed E-state index contributed by atoms with van der Waals surface area (Å²) in [7, 11) is 0. The third-order valence-corrected chi connectivity index (χ3v) is 2.99. The zero-order valence-electron chi connectivity index (χ0n) is 10.3. The van der Waals surface area contributed by atoms with Gasteiger partial charge in [0.2, 0.25) is 0 Å². The molecule has 0 spiro atoms. The van der Waals surface area contributed by atoms with Gasteiger partial charge in [-0.15, -0.1) is 0 Å². The van der Waals surface area contributed by atoms with Crippen molar-refractivity contribution in [3.8, 4) is 22.6 Å².